The summed E-state index contributed by atoms with van der Waals surface area (Å²) in [5.41, 5.74) is 0. The molecule has 0 aliphatic carbocycles. The third-order valence-electron chi connectivity index (χ3n) is 1.33. The Hall–Kier alpha value is -1.40. The third-order valence-corrected chi connectivity index (χ3v) is 2.09. The monoisotopic (exact) mass is 206 g/mol. The lowest BCUT2D eigenvalue weighted by Crippen LogP contribution is -1.97. The molecule has 1 aromatic carbocycles. The molecule has 2 nitrogen and oxygen atoms in total. The molecule has 0 saturated carbocycles. The van der Waals surface area contributed by atoms with Gasteiger partial charge < -0.3 is 4.74 Å². The van der Waals surface area contributed by atoms with Gasteiger partial charge in [-0.15, -0.1) is 0 Å². The van der Waals surface area contributed by atoms with E-state index in [4.69, 9.17) is 0 Å². The van der Waals surface area contributed by atoms with Crippen molar-refractivity contribution < 1.29 is 9.53 Å². The fraction of sp³-hybridized carbons (Fsp3) is 0.182. The summed E-state index contributed by atoms with van der Waals surface area (Å²) in [5, 5.41) is 2.85. The Morgan fingerprint density at radius 2 is 2.14 bits per heavy atom. The first-order valence-electron chi connectivity index (χ1n) is 4.12. The lowest BCUT2D eigenvalue weighted by atomic mass is 10.4. The minimum absolute atomic E-state index is 0.162. The van der Waals surface area contributed by atoms with Crippen molar-refractivity contribution in [1.82, 2.24) is 0 Å². The second kappa shape index (κ2) is 6.11. The smallest absolute Gasteiger partial charge is 0.303 e. The van der Waals surface area contributed by atoms with Gasteiger partial charge in [0, 0.05) is 11.8 Å². The van der Waals surface area contributed by atoms with E-state index in [9.17, 15) is 4.79 Å². The van der Waals surface area contributed by atoms with Crippen molar-refractivity contribution in [3.8, 4) is 11.2 Å². The Morgan fingerprint density at radius 3 is 2.79 bits per heavy atom. The van der Waals surface area contributed by atoms with Crippen LogP contribution in [0.2, 0.25) is 0 Å². The molecule has 0 unspecified atom stereocenters. The van der Waals surface area contributed by atoms with Crippen LogP contribution in [0.25, 0.3) is 0 Å². The molecule has 0 radical (unpaired) electrons. The van der Waals surface area contributed by atoms with E-state index < -0.39 is 0 Å². The van der Waals surface area contributed by atoms with Gasteiger partial charge in [0.25, 0.3) is 0 Å². The second-order valence-electron chi connectivity index (χ2n) is 2.47. The van der Waals surface area contributed by atoms with Crippen LogP contribution in [0.1, 0.15) is 6.92 Å². The number of hydrogen-bond donors (Lipinski definition) is 0. The van der Waals surface area contributed by atoms with E-state index in [1.807, 2.05) is 30.3 Å². The summed E-state index contributed by atoms with van der Waals surface area (Å²) in [5.74, 6) is 2.43. The number of thioether (sulfide) groups is 1. The molecular formula is C11H10O2S. The zero-order valence-corrected chi connectivity index (χ0v) is 8.64. The first-order valence-corrected chi connectivity index (χ1v) is 4.94. The number of esters is 1. The molecule has 0 N–H and O–H groups in total. The molecule has 0 atom stereocenters. The van der Waals surface area contributed by atoms with Crippen molar-refractivity contribution in [2.24, 2.45) is 0 Å². The summed E-state index contributed by atoms with van der Waals surface area (Å²) in [4.78, 5) is 11.5. The van der Waals surface area contributed by atoms with Crippen LogP contribution < -0.4 is 0 Å². The molecule has 0 amide bonds. The van der Waals surface area contributed by atoms with E-state index in [0.717, 1.165) is 4.90 Å². The van der Waals surface area contributed by atoms with Crippen molar-refractivity contribution in [1.29, 1.82) is 0 Å². The van der Waals surface area contributed by atoms with Crippen LogP contribution in [-0.4, -0.2) is 12.6 Å². The van der Waals surface area contributed by atoms with Gasteiger partial charge in [0.1, 0.15) is 0 Å². The number of rotatable bonds is 2. The quantitative estimate of drug-likeness (QED) is 0.422. The molecule has 3 heteroatoms. The summed E-state index contributed by atoms with van der Waals surface area (Å²) in [6.45, 7) is 1.53. The van der Waals surface area contributed by atoms with Crippen LogP contribution >= 0.6 is 11.8 Å². The third kappa shape index (κ3) is 4.58. The van der Waals surface area contributed by atoms with Crippen LogP contribution in [0.15, 0.2) is 35.2 Å². The Morgan fingerprint density at radius 1 is 1.43 bits per heavy atom. The van der Waals surface area contributed by atoms with Crippen LogP contribution in [-0.2, 0) is 9.53 Å². The first-order chi connectivity index (χ1) is 6.79. The summed E-state index contributed by atoms with van der Waals surface area (Å²) in [7, 11) is 0. The molecule has 0 bridgehead atoms. The Balaban J connectivity index is 2.30. The molecule has 0 spiro atoms. The maximum atomic E-state index is 10.4. The maximum absolute atomic E-state index is 10.4. The van der Waals surface area contributed by atoms with Crippen LogP contribution in [0, 0.1) is 11.2 Å². The van der Waals surface area contributed by atoms with E-state index in [-0.39, 0.29) is 12.6 Å². The fourth-order valence-electron chi connectivity index (χ4n) is 0.751. The van der Waals surface area contributed by atoms with Gasteiger partial charge in [-0.05, 0) is 35.1 Å². The van der Waals surface area contributed by atoms with E-state index in [2.05, 4.69) is 15.9 Å². The molecule has 0 heterocycles. The van der Waals surface area contributed by atoms with Crippen molar-refractivity contribution in [2.75, 3.05) is 6.61 Å². The van der Waals surface area contributed by atoms with Gasteiger partial charge in [0.2, 0.25) is 0 Å². The predicted molar refractivity (Wildman–Crippen MR) is 56.7 cm³/mol. The van der Waals surface area contributed by atoms with Crippen molar-refractivity contribution in [2.45, 2.75) is 11.8 Å². The molecule has 0 aliphatic rings. The minimum atomic E-state index is -0.302. The Bertz CT molecular complexity index is 349. The molecule has 72 valence electrons. The summed E-state index contributed by atoms with van der Waals surface area (Å²) < 4.78 is 4.65. The van der Waals surface area contributed by atoms with Gasteiger partial charge >= 0.3 is 5.97 Å². The molecule has 0 aromatic heterocycles. The van der Waals surface area contributed by atoms with Gasteiger partial charge in [-0.3, -0.25) is 4.79 Å². The Kier molecular flexibility index (Phi) is 4.66. The van der Waals surface area contributed by atoms with E-state index in [1.54, 1.807) is 0 Å². The van der Waals surface area contributed by atoms with Crippen molar-refractivity contribution in [3.63, 3.8) is 0 Å². The maximum Gasteiger partial charge on any atom is 0.303 e. The van der Waals surface area contributed by atoms with E-state index in [1.165, 1.54) is 18.7 Å². The zero-order valence-electron chi connectivity index (χ0n) is 7.82. The zero-order chi connectivity index (χ0) is 10.2. The number of hydrogen-bond acceptors (Lipinski definition) is 3. The highest BCUT2D eigenvalue weighted by Crippen LogP contribution is 2.14. The normalized spacial score (nSPS) is 8.64. The molecule has 1 aromatic rings. The van der Waals surface area contributed by atoms with Crippen LogP contribution in [0.4, 0.5) is 0 Å². The molecule has 0 saturated heterocycles. The summed E-state index contributed by atoms with van der Waals surface area (Å²) >= 11 is 1.42. The highest BCUT2D eigenvalue weighted by molar-refractivity contribution is 8.03. The van der Waals surface area contributed by atoms with Gasteiger partial charge in [-0.2, -0.15) is 0 Å². The van der Waals surface area contributed by atoms with Gasteiger partial charge in [-0.1, -0.05) is 18.2 Å². The summed E-state index contributed by atoms with van der Waals surface area (Å²) in [6, 6.07) is 9.82. The van der Waals surface area contributed by atoms with Crippen LogP contribution in [0.5, 0.6) is 0 Å². The summed E-state index contributed by atoms with van der Waals surface area (Å²) in [6.07, 6.45) is 0. The SMILES string of the molecule is CC(=O)OCC#CSc1ccccc1. The highest BCUT2D eigenvalue weighted by Gasteiger charge is 1.87. The van der Waals surface area contributed by atoms with E-state index >= 15 is 0 Å². The Labute approximate surface area is 87.7 Å². The van der Waals surface area contributed by atoms with Crippen molar-refractivity contribution >= 4 is 17.7 Å². The molecule has 0 aliphatic heterocycles. The van der Waals surface area contributed by atoms with Crippen molar-refractivity contribution in [3.05, 3.63) is 30.3 Å². The lowest BCUT2D eigenvalue weighted by molar-refractivity contribution is -0.139. The molecule has 14 heavy (non-hydrogen) atoms. The lowest BCUT2D eigenvalue weighted by Gasteiger charge is -1.92. The average molecular weight is 206 g/mol. The van der Waals surface area contributed by atoms with Gasteiger partial charge in [0.15, 0.2) is 6.61 Å². The number of benzene rings is 1. The second-order valence-corrected chi connectivity index (χ2v) is 3.35. The molecule has 1 rings (SSSR count). The van der Waals surface area contributed by atoms with Crippen LogP contribution in [0.3, 0.4) is 0 Å². The first kappa shape index (κ1) is 10.7. The number of carbonyl (C=O) groups excluding carboxylic acids is 1. The fourth-order valence-corrected chi connectivity index (χ4v) is 1.29. The largest absolute Gasteiger partial charge is 0.453 e. The van der Waals surface area contributed by atoms with Gasteiger partial charge in [-0.25, -0.2) is 0 Å². The molecule has 0 fully saturated rings. The highest BCUT2D eigenvalue weighted by atomic mass is 32.2. The number of ether oxygens (including phenoxy) is 1. The minimum Gasteiger partial charge on any atom is -0.453 e. The molecular weight excluding hydrogens is 196 g/mol. The predicted octanol–water partition coefficient (Wildman–Crippen LogP) is 2.30. The van der Waals surface area contributed by atoms with E-state index in [0.29, 0.717) is 0 Å². The number of carbonyl (C=O) groups is 1. The van der Waals surface area contributed by atoms with Gasteiger partial charge in [0.05, 0.1) is 0 Å². The standard InChI is InChI=1S/C11H10O2S/c1-10(12)13-8-5-9-14-11-6-3-2-4-7-11/h2-4,6-7H,8H2,1H3. The topological polar surface area (TPSA) is 26.3 Å². The average Bonchev–Trinajstić information content (AvgIpc) is 2.18.